The minimum atomic E-state index is -0.0328. The summed E-state index contributed by atoms with van der Waals surface area (Å²) in [5, 5.41) is 2.68. The molecule has 0 aliphatic carbocycles. The van der Waals surface area contributed by atoms with Gasteiger partial charge in [0, 0.05) is 37.7 Å². The first-order valence-electron chi connectivity index (χ1n) is 5.54. The molecule has 0 saturated heterocycles. The SMILES string of the molecule is CCOc1ccc(C#CCCNC(C)=O)cn1. The second-order valence-corrected chi connectivity index (χ2v) is 3.35. The zero-order valence-corrected chi connectivity index (χ0v) is 10.1. The Labute approximate surface area is 101 Å². The van der Waals surface area contributed by atoms with E-state index in [-0.39, 0.29) is 5.91 Å². The summed E-state index contributed by atoms with van der Waals surface area (Å²) in [7, 11) is 0. The number of pyridine rings is 1. The van der Waals surface area contributed by atoms with Crippen molar-refractivity contribution in [1.82, 2.24) is 10.3 Å². The Morgan fingerprint density at radius 2 is 2.35 bits per heavy atom. The van der Waals surface area contributed by atoms with Crippen molar-refractivity contribution in [2.75, 3.05) is 13.2 Å². The van der Waals surface area contributed by atoms with Crippen LogP contribution in [0.15, 0.2) is 18.3 Å². The molecule has 4 heteroatoms. The van der Waals surface area contributed by atoms with Gasteiger partial charge in [0.05, 0.1) is 6.61 Å². The highest BCUT2D eigenvalue weighted by atomic mass is 16.5. The van der Waals surface area contributed by atoms with Crippen LogP contribution >= 0.6 is 0 Å². The first-order chi connectivity index (χ1) is 8.22. The highest BCUT2D eigenvalue weighted by molar-refractivity contribution is 5.72. The quantitative estimate of drug-likeness (QED) is 0.630. The molecule has 0 aromatic carbocycles. The number of aromatic nitrogens is 1. The molecule has 0 spiro atoms. The van der Waals surface area contributed by atoms with Gasteiger partial charge in [-0.3, -0.25) is 4.79 Å². The lowest BCUT2D eigenvalue weighted by atomic mass is 10.3. The molecule has 0 aliphatic heterocycles. The topological polar surface area (TPSA) is 51.2 Å². The molecule has 1 rings (SSSR count). The minimum absolute atomic E-state index is 0.0328. The Hall–Kier alpha value is -2.02. The fourth-order valence-corrected chi connectivity index (χ4v) is 1.15. The van der Waals surface area contributed by atoms with Crippen molar-refractivity contribution in [2.45, 2.75) is 20.3 Å². The summed E-state index contributed by atoms with van der Waals surface area (Å²) < 4.78 is 5.22. The van der Waals surface area contributed by atoms with Crippen molar-refractivity contribution < 1.29 is 9.53 Å². The van der Waals surface area contributed by atoms with Gasteiger partial charge in [0.25, 0.3) is 0 Å². The first-order valence-corrected chi connectivity index (χ1v) is 5.54. The molecule has 1 aromatic rings. The van der Waals surface area contributed by atoms with Gasteiger partial charge in [0.2, 0.25) is 11.8 Å². The van der Waals surface area contributed by atoms with Crippen LogP contribution in [-0.2, 0) is 4.79 Å². The maximum absolute atomic E-state index is 10.6. The van der Waals surface area contributed by atoms with E-state index in [4.69, 9.17) is 4.74 Å². The van der Waals surface area contributed by atoms with E-state index in [1.54, 1.807) is 12.3 Å². The molecule has 0 aliphatic rings. The lowest BCUT2D eigenvalue weighted by molar-refractivity contribution is -0.118. The van der Waals surface area contributed by atoms with Crippen LogP contribution in [0, 0.1) is 11.8 Å². The second-order valence-electron chi connectivity index (χ2n) is 3.35. The van der Waals surface area contributed by atoms with Gasteiger partial charge in [-0.05, 0) is 13.0 Å². The van der Waals surface area contributed by atoms with Crippen molar-refractivity contribution >= 4 is 5.91 Å². The standard InChI is InChI=1S/C13H16N2O2/c1-3-17-13-8-7-12(10-15-13)6-4-5-9-14-11(2)16/h7-8,10H,3,5,9H2,1-2H3,(H,14,16). The number of hydrogen-bond acceptors (Lipinski definition) is 3. The summed E-state index contributed by atoms with van der Waals surface area (Å²) in [6.45, 7) is 4.59. The van der Waals surface area contributed by atoms with E-state index in [0.717, 1.165) is 5.56 Å². The van der Waals surface area contributed by atoms with Crippen molar-refractivity contribution in [3.8, 4) is 17.7 Å². The number of rotatable bonds is 4. The molecule has 90 valence electrons. The minimum Gasteiger partial charge on any atom is -0.478 e. The van der Waals surface area contributed by atoms with Crippen molar-refractivity contribution in [3.05, 3.63) is 23.9 Å². The van der Waals surface area contributed by atoms with Crippen LogP contribution in [0.5, 0.6) is 5.88 Å². The number of carbonyl (C=O) groups excluding carboxylic acids is 1. The van der Waals surface area contributed by atoms with Crippen molar-refractivity contribution in [3.63, 3.8) is 0 Å². The lowest BCUT2D eigenvalue weighted by Gasteiger charge is -1.99. The first kappa shape index (κ1) is 13.0. The van der Waals surface area contributed by atoms with Gasteiger partial charge >= 0.3 is 0 Å². The molecular formula is C13H16N2O2. The van der Waals surface area contributed by atoms with Gasteiger partial charge in [0.15, 0.2) is 0 Å². The Balaban J connectivity index is 2.40. The van der Waals surface area contributed by atoms with E-state index in [0.29, 0.717) is 25.5 Å². The number of carbonyl (C=O) groups is 1. The Kier molecular flexibility index (Phi) is 5.59. The monoisotopic (exact) mass is 232 g/mol. The van der Waals surface area contributed by atoms with Gasteiger partial charge in [-0.2, -0.15) is 0 Å². The third-order valence-corrected chi connectivity index (χ3v) is 1.89. The molecule has 4 nitrogen and oxygen atoms in total. The van der Waals surface area contributed by atoms with Crippen LogP contribution in [-0.4, -0.2) is 24.0 Å². The zero-order valence-electron chi connectivity index (χ0n) is 10.1. The van der Waals surface area contributed by atoms with E-state index in [1.807, 2.05) is 13.0 Å². The summed E-state index contributed by atoms with van der Waals surface area (Å²) in [5.74, 6) is 6.51. The molecule has 1 N–H and O–H groups in total. The van der Waals surface area contributed by atoms with E-state index in [1.165, 1.54) is 6.92 Å². The van der Waals surface area contributed by atoms with Gasteiger partial charge < -0.3 is 10.1 Å². The number of nitrogens with one attached hydrogen (secondary N) is 1. The lowest BCUT2D eigenvalue weighted by Crippen LogP contribution is -2.20. The molecular weight excluding hydrogens is 216 g/mol. The third-order valence-electron chi connectivity index (χ3n) is 1.89. The zero-order chi connectivity index (χ0) is 12.5. The summed E-state index contributed by atoms with van der Waals surface area (Å²) in [6, 6.07) is 3.66. The third kappa shape index (κ3) is 5.57. The average Bonchev–Trinajstić information content (AvgIpc) is 2.31. The molecule has 0 bridgehead atoms. The highest BCUT2D eigenvalue weighted by Gasteiger charge is 1.92. The highest BCUT2D eigenvalue weighted by Crippen LogP contribution is 2.06. The van der Waals surface area contributed by atoms with Crippen molar-refractivity contribution in [1.29, 1.82) is 0 Å². The van der Waals surface area contributed by atoms with E-state index < -0.39 is 0 Å². The Morgan fingerprint density at radius 1 is 1.53 bits per heavy atom. The van der Waals surface area contributed by atoms with E-state index in [9.17, 15) is 4.79 Å². The van der Waals surface area contributed by atoms with Crippen LogP contribution in [0.25, 0.3) is 0 Å². The summed E-state index contributed by atoms with van der Waals surface area (Å²) in [6.07, 6.45) is 2.31. The van der Waals surface area contributed by atoms with Crippen LogP contribution in [0.3, 0.4) is 0 Å². The van der Waals surface area contributed by atoms with Crippen molar-refractivity contribution in [2.24, 2.45) is 0 Å². The van der Waals surface area contributed by atoms with Gasteiger partial charge in [0.1, 0.15) is 0 Å². The maximum atomic E-state index is 10.6. The summed E-state index contributed by atoms with van der Waals surface area (Å²) in [5.41, 5.74) is 0.844. The van der Waals surface area contributed by atoms with E-state index >= 15 is 0 Å². The van der Waals surface area contributed by atoms with Gasteiger partial charge in [-0.25, -0.2) is 4.98 Å². The maximum Gasteiger partial charge on any atom is 0.216 e. The molecule has 0 atom stereocenters. The van der Waals surface area contributed by atoms with Crippen LogP contribution in [0.2, 0.25) is 0 Å². The Bertz CT molecular complexity index is 415. The molecule has 0 radical (unpaired) electrons. The van der Waals surface area contributed by atoms with E-state index in [2.05, 4.69) is 22.1 Å². The number of hydrogen-bond donors (Lipinski definition) is 1. The fraction of sp³-hybridized carbons (Fsp3) is 0.385. The van der Waals surface area contributed by atoms with Crippen LogP contribution in [0.4, 0.5) is 0 Å². The smallest absolute Gasteiger partial charge is 0.216 e. The number of amides is 1. The van der Waals surface area contributed by atoms with Crippen LogP contribution < -0.4 is 10.1 Å². The molecule has 0 saturated carbocycles. The fourth-order valence-electron chi connectivity index (χ4n) is 1.15. The van der Waals surface area contributed by atoms with Gasteiger partial charge in [-0.15, -0.1) is 0 Å². The van der Waals surface area contributed by atoms with Crippen LogP contribution in [0.1, 0.15) is 25.8 Å². The second kappa shape index (κ2) is 7.29. The molecule has 17 heavy (non-hydrogen) atoms. The van der Waals surface area contributed by atoms with Gasteiger partial charge in [-0.1, -0.05) is 11.8 Å². The average molecular weight is 232 g/mol. The number of ether oxygens (including phenoxy) is 1. The molecule has 1 amide bonds. The predicted molar refractivity (Wildman–Crippen MR) is 65.6 cm³/mol. The largest absolute Gasteiger partial charge is 0.478 e. The summed E-state index contributed by atoms with van der Waals surface area (Å²) in [4.78, 5) is 14.7. The normalized spacial score (nSPS) is 9.06. The molecule has 1 aromatic heterocycles. The number of nitrogens with zero attached hydrogens (tertiary/aromatic N) is 1. The molecule has 0 unspecified atom stereocenters. The summed E-state index contributed by atoms with van der Waals surface area (Å²) >= 11 is 0. The molecule has 0 fully saturated rings. The molecule has 1 heterocycles. The Morgan fingerprint density at radius 3 is 2.94 bits per heavy atom. The predicted octanol–water partition coefficient (Wildman–Crippen LogP) is 1.36.